The van der Waals surface area contributed by atoms with Crippen molar-refractivity contribution < 1.29 is 4.74 Å². The van der Waals surface area contributed by atoms with E-state index in [0.29, 0.717) is 0 Å². The van der Waals surface area contributed by atoms with Crippen LogP contribution in [0.2, 0.25) is 0 Å². The van der Waals surface area contributed by atoms with Gasteiger partial charge in [0.25, 0.3) is 0 Å². The van der Waals surface area contributed by atoms with Gasteiger partial charge in [-0.3, -0.25) is 0 Å². The normalized spacial score (nSPS) is 11.2. The molecule has 0 aliphatic rings. The number of hydrogen-bond donors (Lipinski definition) is 2. The van der Waals surface area contributed by atoms with Crippen LogP contribution in [0.5, 0.6) is 0 Å². The molecule has 0 fully saturated rings. The molecule has 104 valence electrons. The standard InChI is InChI=1S/C15H22N2OS/c1-2-18-10-5-8-16-9-11-19-15-12-13-6-3-4-7-14(13)17-15/h3-4,6-7,12,16-17H,2,5,8-11H2,1H3. The SMILES string of the molecule is CCOCCCNCCSc1cc2ccccc2[nH]1. The summed E-state index contributed by atoms with van der Waals surface area (Å²) in [5.74, 6) is 1.08. The Bertz CT molecular complexity index is 451. The summed E-state index contributed by atoms with van der Waals surface area (Å²) in [5, 5.41) is 5.97. The summed E-state index contributed by atoms with van der Waals surface area (Å²) in [6.45, 7) is 5.78. The third kappa shape index (κ3) is 4.90. The lowest BCUT2D eigenvalue weighted by atomic mass is 10.3. The van der Waals surface area contributed by atoms with E-state index in [0.717, 1.165) is 38.5 Å². The quantitative estimate of drug-likeness (QED) is 0.546. The molecule has 0 bridgehead atoms. The van der Waals surface area contributed by atoms with Crippen molar-refractivity contribution in [3.05, 3.63) is 30.3 Å². The molecule has 0 amide bonds. The number of H-pyrrole nitrogens is 1. The van der Waals surface area contributed by atoms with Crippen LogP contribution in [0, 0.1) is 0 Å². The minimum Gasteiger partial charge on any atom is -0.382 e. The summed E-state index contributed by atoms with van der Waals surface area (Å²) < 4.78 is 5.29. The van der Waals surface area contributed by atoms with Crippen molar-refractivity contribution in [2.24, 2.45) is 0 Å². The number of ether oxygens (including phenoxy) is 1. The number of aromatic amines is 1. The Labute approximate surface area is 119 Å². The number of aromatic nitrogens is 1. The lowest BCUT2D eigenvalue weighted by molar-refractivity contribution is 0.145. The first-order chi connectivity index (χ1) is 9.40. The van der Waals surface area contributed by atoms with E-state index >= 15 is 0 Å². The zero-order valence-corrected chi connectivity index (χ0v) is 12.3. The maximum absolute atomic E-state index is 5.29. The Morgan fingerprint density at radius 2 is 2.16 bits per heavy atom. The number of nitrogens with one attached hydrogen (secondary N) is 2. The Hall–Kier alpha value is -0.970. The average molecular weight is 278 g/mol. The molecule has 0 spiro atoms. The lowest BCUT2D eigenvalue weighted by Gasteiger charge is -2.04. The second-order valence-corrected chi connectivity index (χ2v) is 5.51. The number of fused-ring (bicyclic) bond motifs is 1. The van der Waals surface area contributed by atoms with Crippen LogP contribution in [0.25, 0.3) is 10.9 Å². The largest absolute Gasteiger partial charge is 0.382 e. The summed E-state index contributed by atoms with van der Waals surface area (Å²) in [4.78, 5) is 3.43. The minimum absolute atomic E-state index is 0.816. The van der Waals surface area contributed by atoms with Gasteiger partial charge in [-0.25, -0.2) is 0 Å². The zero-order chi connectivity index (χ0) is 13.3. The zero-order valence-electron chi connectivity index (χ0n) is 11.4. The van der Waals surface area contributed by atoms with E-state index < -0.39 is 0 Å². The van der Waals surface area contributed by atoms with Crippen molar-refractivity contribution in [1.29, 1.82) is 0 Å². The molecule has 0 radical (unpaired) electrons. The Kier molecular flexibility index (Phi) is 6.27. The van der Waals surface area contributed by atoms with Crippen LogP contribution < -0.4 is 5.32 Å². The first-order valence-corrected chi connectivity index (χ1v) is 7.87. The van der Waals surface area contributed by atoms with Crippen LogP contribution in [0.15, 0.2) is 35.4 Å². The lowest BCUT2D eigenvalue weighted by Crippen LogP contribution is -2.19. The molecule has 0 atom stereocenters. The van der Waals surface area contributed by atoms with Crippen molar-refractivity contribution in [3.63, 3.8) is 0 Å². The topological polar surface area (TPSA) is 37.0 Å². The fraction of sp³-hybridized carbons (Fsp3) is 0.467. The second-order valence-electron chi connectivity index (χ2n) is 4.37. The van der Waals surface area contributed by atoms with E-state index in [1.165, 1.54) is 15.9 Å². The van der Waals surface area contributed by atoms with Crippen LogP contribution in [0.3, 0.4) is 0 Å². The maximum Gasteiger partial charge on any atom is 0.0732 e. The smallest absolute Gasteiger partial charge is 0.0732 e. The molecule has 19 heavy (non-hydrogen) atoms. The van der Waals surface area contributed by atoms with E-state index in [4.69, 9.17) is 4.74 Å². The first kappa shape index (κ1) is 14.4. The van der Waals surface area contributed by atoms with Crippen molar-refractivity contribution in [1.82, 2.24) is 10.3 Å². The molecule has 2 aromatic rings. The van der Waals surface area contributed by atoms with Gasteiger partial charge in [-0.15, -0.1) is 11.8 Å². The molecule has 2 rings (SSSR count). The molecular weight excluding hydrogens is 256 g/mol. The fourth-order valence-corrected chi connectivity index (χ4v) is 2.78. The van der Waals surface area contributed by atoms with Crippen LogP contribution >= 0.6 is 11.8 Å². The van der Waals surface area contributed by atoms with Crippen LogP contribution in [0.4, 0.5) is 0 Å². The van der Waals surface area contributed by atoms with Gasteiger partial charge in [0.05, 0.1) is 5.03 Å². The molecule has 0 saturated heterocycles. The molecule has 1 aromatic heterocycles. The summed E-state index contributed by atoms with van der Waals surface area (Å²) in [5.41, 5.74) is 1.22. The van der Waals surface area contributed by atoms with Gasteiger partial charge in [0.15, 0.2) is 0 Å². The van der Waals surface area contributed by atoms with Crippen LogP contribution in [-0.4, -0.2) is 37.0 Å². The number of rotatable bonds is 9. The highest BCUT2D eigenvalue weighted by Gasteiger charge is 1.99. The van der Waals surface area contributed by atoms with E-state index in [9.17, 15) is 0 Å². The van der Waals surface area contributed by atoms with Gasteiger partial charge in [-0.05, 0) is 32.0 Å². The highest BCUT2D eigenvalue weighted by Crippen LogP contribution is 2.22. The van der Waals surface area contributed by atoms with E-state index in [1.807, 2.05) is 18.7 Å². The second kappa shape index (κ2) is 8.25. The number of benzene rings is 1. The Morgan fingerprint density at radius 3 is 3.00 bits per heavy atom. The molecule has 0 aliphatic carbocycles. The molecule has 0 unspecified atom stereocenters. The van der Waals surface area contributed by atoms with E-state index in [1.54, 1.807) is 0 Å². The highest BCUT2D eigenvalue weighted by molar-refractivity contribution is 7.99. The molecule has 2 N–H and O–H groups in total. The van der Waals surface area contributed by atoms with Crippen molar-refractivity contribution in [2.45, 2.75) is 18.4 Å². The molecule has 4 heteroatoms. The fourth-order valence-electron chi connectivity index (χ4n) is 1.93. The highest BCUT2D eigenvalue weighted by atomic mass is 32.2. The molecule has 3 nitrogen and oxygen atoms in total. The van der Waals surface area contributed by atoms with E-state index in [-0.39, 0.29) is 0 Å². The van der Waals surface area contributed by atoms with Gasteiger partial charge in [0, 0.05) is 36.4 Å². The monoisotopic (exact) mass is 278 g/mol. The van der Waals surface area contributed by atoms with Crippen LogP contribution in [-0.2, 0) is 4.74 Å². The summed E-state index contributed by atoms with van der Waals surface area (Å²) >= 11 is 1.87. The first-order valence-electron chi connectivity index (χ1n) is 6.89. The van der Waals surface area contributed by atoms with Gasteiger partial charge < -0.3 is 15.0 Å². The van der Waals surface area contributed by atoms with Gasteiger partial charge in [0.1, 0.15) is 0 Å². The predicted molar refractivity (Wildman–Crippen MR) is 83.0 cm³/mol. The van der Waals surface area contributed by atoms with Gasteiger partial charge in [-0.1, -0.05) is 18.2 Å². The molecular formula is C15H22N2OS. The molecule has 0 aliphatic heterocycles. The van der Waals surface area contributed by atoms with Gasteiger partial charge >= 0.3 is 0 Å². The Morgan fingerprint density at radius 1 is 1.26 bits per heavy atom. The minimum atomic E-state index is 0.816. The van der Waals surface area contributed by atoms with Crippen LogP contribution in [0.1, 0.15) is 13.3 Å². The number of thioether (sulfide) groups is 1. The molecule has 0 saturated carbocycles. The van der Waals surface area contributed by atoms with Gasteiger partial charge in [0.2, 0.25) is 0 Å². The summed E-state index contributed by atoms with van der Waals surface area (Å²) in [6, 6.07) is 10.6. The van der Waals surface area contributed by atoms with Crippen molar-refractivity contribution >= 4 is 22.7 Å². The number of para-hydroxylation sites is 1. The average Bonchev–Trinajstić information content (AvgIpc) is 2.84. The summed E-state index contributed by atoms with van der Waals surface area (Å²) in [6.07, 6.45) is 1.09. The third-order valence-electron chi connectivity index (χ3n) is 2.89. The molecule has 1 heterocycles. The predicted octanol–water partition coefficient (Wildman–Crippen LogP) is 3.28. The van der Waals surface area contributed by atoms with Gasteiger partial charge in [-0.2, -0.15) is 0 Å². The van der Waals surface area contributed by atoms with Crippen molar-refractivity contribution in [3.8, 4) is 0 Å². The molecule has 1 aromatic carbocycles. The number of hydrogen-bond acceptors (Lipinski definition) is 3. The maximum atomic E-state index is 5.29. The Balaban J connectivity index is 1.60. The van der Waals surface area contributed by atoms with E-state index in [2.05, 4.69) is 40.6 Å². The van der Waals surface area contributed by atoms with Crippen molar-refractivity contribution in [2.75, 3.05) is 32.1 Å². The third-order valence-corrected chi connectivity index (χ3v) is 3.83. The summed E-state index contributed by atoms with van der Waals surface area (Å²) in [7, 11) is 0.